The van der Waals surface area contributed by atoms with Gasteiger partial charge in [-0.1, -0.05) is 34.1 Å². The Balaban J connectivity index is 2.37. The summed E-state index contributed by atoms with van der Waals surface area (Å²) in [7, 11) is 0. The molecule has 0 heterocycles. The zero-order valence-corrected chi connectivity index (χ0v) is 12.2. The Labute approximate surface area is 124 Å². The summed E-state index contributed by atoms with van der Waals surface area (Å²) in [6.07, 6.45) is -0.687. The maximum atomic E-state index is 10.8. The number of nitro benzene ring substituents is 1. The van der Waals surface area contributed by atoms with E-state index in [0.29, 0.717) is 21.5 Å². The van der Waals surface area contributed by atoms with Crippen LogP contribution in [0.5, 0.6) is 11.5 Å². The van der Waals surface area contributed by atoms with Gasteiger partial charge >= 0.3 is 0 Å². The Hall–Kier alpha value is -1.92. The van der Waals surface area contributed by atoms with Crippen LogP contribution in [-0.2, 0) is 0 Å². The van der Waals surface area contributed by atoms with Crippen LogP contribution in [0.3, 0.4) is 0 Å². The smallest absolute Gasteiger partial charge is 0.274 e. The molecule has 0 spiro atoms. The second-order valence-corrected chi connectivity index (χ2v) is 5.13. The van der Waals surface area contributed by atoms with E-state index in [4.69, 9.17) is 4.74 Å². The zero-order chi connectivity index (χ0) is 14.7. The van der Waals surface area contributed by atoms with Gasteiger partial charge in [0.25, 0.3) is 5.69 Å². The maximum absolute atomic E-state index is 10.8. The molecular formula is C14H12BrNO4. The molecule has 20 heavy (non-hydrogen) atoms. The summed E-state index contributed by atoms with van der Waals surface area (Å²) >= 11 is 3.21. The molecule has 0 amide bonds. The van der Waals surface area contributed by atoms with Crippen LogP contribution in [0.2, 0.25) is 0 Å². The summed E-state index contributed by atoms with van der Waals surface area (Å²) in [5.74, 6) is 0.800. The van der Waals surface area contributed by atoms with Crippen molar-refractivity contribution in [3.8, 4) is 11.5 Å². The van der Waals surface area contributed by atoms with Gasteiger partial charge in [0.05, 0.1) is 17.1 Å². The maximum Gasteiger partial charge on any atom is 0.274 e. The van der Waals surface area contributed by atoms with Gasteiger partial charge < -0.3 is 9.84 Å². The van der Waals surface area contributed by atoms with E-state index in [-0.39, 0.29) is 5.69 Å². The Kier molecular flexibility index (Phi) is 4.36. The molecule has 2 rings (SSSR count). The predicted octanol–water partition coefficient (Wildman–Crippen LogP) is 4.20. The van der Waals surface area contributed by atoms with Crippen molar-refractivity contribution in [3.05, 3.63) is 62.6 Å². The SMILES string of the molecule is CC(O)c1ccccc1Oc1cc(Br)cc([N+](=O)[O-])c1. The van der Waals surface area contributed by atoms with E-state index in [0.717, 1.165) is 0 Å². The third-order valence-electron chi connectivity index (χ3n) is 2.66. The van der Waals surface area contributed by atoms with Crippen molar-refractivity contribution < 1.29 is 14.8 Å². The molecule has 0 saturated heterocycles. The number of hydrogen-bond donors (Lipinski definition) is 1. The Morgan fingerprint density at radius 2 is 2.00 bits per heavy atom. The molecule has 0 aromatic heterocycles. The minimum absolute atomic E-state index is 0.0658. The summed E-state index contributed by atoms with van der Waals surface area (Å²) in [6.45, 7) is 1.63. The number of ether oxygens (including phenoxy) is 1. The fraction of sp³-hybridized carbons (Fsp3) is 0.143. The zero-order valence-electron chi connectivity index (χ0n) is 10.6. The lowest BCUT2D eigenvalue weighted by Crippen LogP contribution is -1.96. The standard InChI is InChI=1S/C14H12BrNO4/c1-9(17)13-4-2-3-5-14(13)20-12-7-10(15)6-11(8-12)16(18)19/h2-9,17H,1H3. The van der Waals surface area contributed by atoms with E-state index in [2.05, 4.69) is 15.9 Å². The summed E-state index contributed by atoms with van der Waals surface area (Å²) < 4.78 is 6.20. The number of nitrogens with zero attached hydrogens (tertiary/aromatic N) is 1. The minimum atomic E-state index is -0.687. The third kappa shape index (κ3) is 3.34. The van der Waals surface area contributed by atoms with Crippen molar-refractivity contribution in [3.63, 3.8) is 0 Å². The Bertz CT molecular complexity index is 643. The number of hydrogen-bond acceptors (Lipinski definition) is 4. The quantitative estimate of drug-likeness (QED) is 0.670. The molecule has 5 nitrogen and oxygen atoms in total. The van der Waals surface area contributed by atoms with Crippen LogP contribution in [0, 0.1) is 10.1 Å². The number of benzene rings is 2. The van der Waals surface area contributed by atoms with E-state index < -0.39 is 11.0 Å². The highest BCUT2D eigenvalue weighted by Gasteiger charge is 2.13. The third-order valence-corrected chi connectivity index (χ3v) is 3.12. The molecular weight excluding hydrogens is 326 g/mol. The average Bonchev–Trinajstić information content (AvgIpc) is 2.38. The highest BCUT2D eigenvalue weighted by atomic mass is 79.9. The van der Waals surface area contributed by atoms with Crippen molar-refractivity contribution in [1.29, 1.82) is 0 Å². The first-order valence-electron chi connectivity index (χ1n) is 5.87. The van der Waals surface area contributed by atoms with Crippen LogP contribution in [0.25, 0.3) is 0 Å². The highest BCUT2D eigenvalue weighted by Crippen LogP contribution is 2.33. The molecule has 1 N–H and O–H groups in total. The van der Waals surface area contributed by atoms with E-state index in [1.54, 1.807) is 37.3 Å². The number of nitro groups is 1. The lowest BCUT2D eigenvalue weighted by molar-refractivity contribution is -0.385. The van der Waals surface area contributed by atoms with Gasteiger partial charge in [-0.2, -0.15) is 0 Å². The van der Waals surface area contributed by atoms with E-state index >= 15 is 0 Å². The Morgan fingerprint density at radius 3 is 2.65 bits per heavy atom. The van der Waals surface area contributed by atoms with Crippen LogP contribution in [0.4, 0.5) is 5.69 Å². The number of aliphatic hydroxyl groups excluding tert-OH is 1. The first-order chi connectivity index (χ1) is 9.47. The molecule has 104 valence electrons. The fourth-order valence-corrected chi connectivity index (χ4v) is 2.22. The average molecular weight is 338 g/mol. The first-order valence-corrected chi connectivity index (χ1v) is 6.66. The van der Waals surface area contributed by atoms with Gasteiger partial charge in [0.2, 0.25) is 0 Å². The van der Waals surface area contributed by atoms with E-state index in [1.807, 2.05) is 0 Å². The van der Waals surface area contributed by atoms with Gasteiger partial charge in [-0.15, -0.1) is 0 Å². The highest BCUT2D eigenvalue weighted by molar-refractivity contribution is 9.10. The molecule has 0 aliphatic carbocycles. The minimum Gasteiger partial charge on any atom is -0.457 e. The molecule has 0 saturated carbocycles. The van der Waals surface area contributed by atoms with Crippen LogP contribution in [0.15, 0.2) is 46.9 Å². The molecule has 0 bridgehead atoms. The fourth-order valence-electron chi connectivity index (χ4n) is 1.76. The summed E-state index contributed by atoms with van der Waals surface area (Å²) in [6, 6.07) is 11.4. The molecule has 1 unspecified atom stereocenters. The molecule has 0 radical (unpaired) electrons. The predicted molar refractivity (Wildman–Crippen MR) is 77.9 cm³/mol. The topological polar surface area (TPSA) is 72.6 Å². The van der Waals surface area contributed by atoms with Crippen LogP contribution in [0.1, 0.15) is 18.6 Å². The second kappa shape index (κ2) is 6.02. The van der Waals surface area contributed by atoms with E-state index in [1.165, 1.54) is 12.1 Å². The van der Waals surface area contributed by atoms with Crippen molar-refractivity contribution in [2.75, 3.05) is 0 Å². The monoisotopic (exact) mass is 337 g/mol. The van der Waals surface area contributed by atoms with Gasteiger partial charge in [0.1, 0.15) is 11.5 Å². The molecule has 0 aliphatic rings. The first kappa shape index (κ1) is 14.5. The molecule has 1 atom stereocenters. The lowest BCUT2D eigenvalue weighted by atomic mass is 10.1. The number of aliphatic hydroxyl groups is 1. The van der Waals surface area contributed by atoms with Crippen molar-refractivity contribution in [2.24, 2.45) is 0 Å². The van der Waals surface area contributed by atoms with Crippen LogP contribution < -0.4 is 4.74 Å². The molecule has 2 aromatic rings. The second-order valence-electron chi connectivity index (χ2n) is 4.22. The van der Waals surface area contributed by atoms with Crippen LogP contribution >= 0.6 is 15.9 Å². The number of para-hydroxylation sites is 1. The lowest BCUT2D eigenvalue weighted by Gasteiger charge is -2.13. The largest absolute Gasteiger partial charge is 0.457 e. The van der Waals surface area contributed by atoms with Gasteiger partial charge in [-0.05, 0) is 19.1 Å². The summed E-state index contributed by atoms with van der Waals surface area (Å²) in [5.41, 5.74) is 0.555. The summed E-state index contributed by atoms with van der Waals surface area (Å²) in [5, 5.41) is 20.5. The molecule has 2 aromatic carbocycles. The van der Waals surface area contributed by atoms with E-state index in [9.17, 15) is 15.2 Å². The summed E-state index contributed by atoms with van der Waals surface area (Å²) in [4.78, 5) is 10.3. The molecule has 0 aliphatic heterocycles. The van der Waals surface area contributed by atoms with Crippen LogP contribution in [-0.4, -0.2) is 10.0 Å². The van der Waals surface area contributed by atoms with Crippen molar-refractivity contribution in [1.82, 2.24) is 0 Å². The normalized spacial score (nSPS) is 11.9. The van der Waals surface area contributed by atoms with Crippen molar-refractivity contribution >= 4 is 21.6 Å². The molecule has 6 heteroatoms. The number of rotatable bonds is 4. The number of halogens is 1. The Morgan fingerprint density at radius 1 is 1.30 bits per heavy atom. The number of non-ortho nitro benzene ring substituents is 1. The van der Waals surface area contributed by atoms with Gasteiger partial charge in [-0.3, -0.25) is 10.1 Å². The van der Waals surface area contributed by atoms with Gasteiger partial charge in [0, 0.05) is 16.1 Å². The molecule has 0 fully saturated rings. The van der Waals surface area contributed by atoms with Crippen molar-refractivity contribution in [2.45, 2.75) is 13.0 Å². The van der Waals surface area contributed by atoms with Gasteiger partial charge in [-0.25, -0.2) is 0 Å². The van der Waals surface area contributed by atoms with Gasteiger partial charge in [0.15, 0.2) is 0 Å².